The highest BCUT2D eigenvalue weighted by Gasteiger charge is 2.25. The molecule has 2 aliphatic rings. The fourth-order valence-electron chi connectivity index (χ4n) is 3.93. The molecule has 0 aliphatic carbocycles. The monoisotopic (exact) mass is 429 g/mol. The molecule has 3 amide bonds. The van der Waals surface area contributed by atoms with Gasteiger partial charge in [0.1, 0.15) is 0 Å². The molecule has 2 heterocycles. The Balaban J connectivity index is 1.24. The van der Waals surface area contributed by atoms with Crippen LogP contribution in [0.4, 0.5) is 16.2 Å². The molecule has 0 spiro atoms. The summed E-state index contributed by atoms with van der Waals surface area (Å²) in [4.78, 5) is 27.2. The normalized spacial score (nSPS) is 13.6. The zero-order chi connectivity index (χ0) is 22.1. The molecule has 162 valence electrons. The number of hydrogen-bond donors (Lipinski definition) is 2. The Hall–Kier alpha value is -4.00. The second-order valence-corrected chi connectivity index (χ2v) is 7.91. The van der Waals surface area contributed by atoms with Gasteiger partial charge in [-0.2, -0.15) is 0 Å². The number of carbonyl (C=O) groups excluding carboxylic acids is 2. The predicted molar refractivity (Wildman–Crippen MR) is 121 cm³/mol. The summed E-state index contributed by atoms with van der Waals surface area (Å²) in [6, 6.07) is 18.5. The Morgan fingerprint density at radius 3 is 2.62 bits per heavy atom. The summed E-state index contributed by atoms with van der Waals surface area (Å²) in [6.45, 7) is 3.19. The average molecular weight is 429 g/mol. The molecule has 5 rings (SSSR count). The summed E-state index contributed by atoms with van der Waals surface area (Å²) in [5.41, 5.74) is 5.39. The Morgan fingerprint density at radius 1 is 0.969 bits per heavy atom. The van der Waals surface area contributed by atoms with Crippen molar-refractivity contribution in [2.24, 2.45) is 0 Å². The SMILES string of the molecule is Cc1ccc(C(=O)N2CCc3ccc(CNC(=O)Nc4ccc5c(c4)OCO5)cc32)cc1. The summed E-state index contributed by atoms with van der Waals surface area (Å²) in [7, 11) is 0. The molecule has 7 nitrogen and oxygen atoms in total. The first-order valence-electron chi connectivity index (χ1n) is 10.5. The van der Waals surface area contributed by atoms with E-state index in [-0.39, 0.29) is 18.7 Å². The van der Waals surface area contributed by atoms with Gasteiger partial charge in [0.2, 0.25) is 6.79 Å². The minimum atomic E-state index is -0.322. The second-order valence-electron chi connectivity index (χ2n) is 7.91. The Bertz CT molecular complexity index is 1190. The van der Waals surface area contributed by atoms with E-state index < -0.39 is 0 Å². The minimum Gasteiger partial charge on any atom is -0.454 e. The van der Waals surface area contributed by atoms with Crippen molar-refractivity contribution >= 4 is 23.3 Å². The molecule has 0 saturated heterocycles. The Kier molecular flexibility index (Phi) is 5.15. The fourth-order valence-corrected chi connectivity index (χ4v) is 3.93. The minimum absolute atomic E-state index is 0.00518. The zero-order valence-corrected chi connectivity index (χ0v) is 17.7. The highest BCUT2D eigenvalue weighted by atomic mass is 16.7. The number of urea groups is 1. The summed E-state index contributed by atoms with van der Waals surface area (Å²) in [6.07, 6.45) is 0.825. The summed E-state index contributed by atoms with van der Waals surface area (Å²) < 4.78 is 10.6. The smallest absolute Gasteiger partial charge is 0.319 e. The number of carbonyl (C=O) groups is 2. The molecule has 0 unspecified atom stereocenters. The lowest BCUT2D eigenvalue weighted by Gasteiger charge is -2.18. The van der Waals surface area contributed by atoms with E-state index in [2.05, 4.69) is 10.6 Å². The first kappa shape index (κ1) is 19.9. The summed E-state index contributed by atoms with van der Waals surface area (Å²) in [5.74, 6) is 1.27. The van der Waals surface area contributed by atoms with E-state index in [0.29, 0.717) is 35.8 Å². The molecule has 0 radical (unpaired) electrons. The van der Waals surface area contributed by atoms with Crippen molar-refractivity contribution < 1.29 is 19.1 Å². The Morgan fingerprint density at radius 2 is 1.78 bits per heavy atom. The molecule has 0 saturated carbocycles. The van der Waals surface area contributed by atoms with Crippen LogP contribution in [0.1, 0.15) is 27.0 Å². The molecule has 2 aliphatic heterocycles. The lowest BCUT2D eigenvalue weighted by Crippen LogP contribution is -2.29. The quantitative estimate of drug-likeness (QED) is 0.650. The number of hydrogen-bond acceptors (Lipinski definition) is 4. The lowest BCUT2D eigenvalue weighted by atomic mass is 10.1. The van der Waals surface area contributed by atoms with Gasteiger partial charge in [-0.25, -0.2) is 4.79 Å². The van der Waals surface area contributed by atoms with E-state index in [9.17, 15) is 9.59 Å². The molecule has 0 aromatic heterocycles. The number of nitrogens with one attached hydrogen (secondary N) is 2. The van der Waals surface area contributed by atoms with Gasteiger partial charge in [-0.05, 0) is 54.8 Å². The van der Waals surface area contributed by atoms with E-state index in [1.807, 2.05) is 54.3 Å². The molecule has 0 atom stereocenters. The van der Waals surface area contributed by atoms with Gasteiger partial charge in [0.25, 0.3) is 5.91 Å². The number of benzene rings is 3. The summed E-state index contributed by atoms with van der Waals surface area (Å²) in [5, 5.41) is 5.66. The van der Waals surface area contributed by atoms with Crippen LogP contribution >= 0.6 is 0 Å². The van der Waals surface area contributed by atoms with E-state index >= 15 is 0 Å². The lowest BCUT2D eigenvalue weighted by molar-refractivity contribution is 0.0989. The number of anilines is 2. The zero-order valence-electron chi connectivity index (χ0n) is 17.7. The van der Waals surface area contributed by atoms with E-state index in [1.165, 1.54) is 0 Å². The van der Waals surface area contributed by atoms with Crippen LogP contribution in [-0.4, -0.2) is 25.3 Å². The first-order valence-corrected chi connectivity index (χ1v) is 10.5. The fraction of sp³-hybridized carbons (Fsp3) is 0.200. The van der Waals surface area contributed by atoms with Crippen LogP contribution in [0.5, 0.6) is 11.5 Å². The Labute approximate surface area is 185 Å². The summed E-state index contributed by atoms with van der Waals surface area (Å²) >= 11 is 0. The van der Waals surface area contributed by atoms with Crippen LogP contribution in [0.15, 0.2) is 60.7 Å². The van der Waals surface area contributed by atoms with Crippen LogP contribution in [0.3, 0.4) is 0 Å². The number of amides is 3. The van der Waals surface area contributed by atoms with Crippen molar-refractivity contribution in [3.63, 3.8) is 0 Å². The van der Waals surface area contributed by atoms with Crippen molar-refractivity contribution in [3.8, 4) is 11.5 Å². The third-order valence-corrected chi connectivity index (χ3v) is 5.67. The maximum absolute atomic E-state index is 13.0. The van der Waals surface area contributed by atoms with Gasteiger partial charge in [0.15, 0.2) is 11.5 Å². The van der Waals surface area contributed by atoms with Gasteiger partial charge in [-0.1, -0.05) is 29.8 Å². The van der Waals surface area contributed by atoms with Gasteiger partial charge in [0.05, 0.1) is 0 Å². The first-order chi connectivity index (χ1) is 15.6. The van der Waals surface area contributed by atoms with Crippen molar-refractivity contribution in [3.05, 3.63) is 82.9 Å². The average Bonchev–Trinajstić information content (AvgIpc) is 3.44. The van der Waals surface area contributed by atoms with Crippen LogP contribution in [0, 0.1) is 6.92 Å². The number of ether oxygens (including phenoxy) is 2. The van der Waals surface area contributed by atoms with Crippen LogP contribution in [0.25, 0.3) is 0 Å². The number of fused-ring (bicyclic) bond motifs is 2. The predicted octanol–water partition coefficient (Wildman–Crippen LogP) is 4.25. The van der Waals surface area contributed by atoms with Gasteiger partial charge < -0.3 is 25.0 Å². The van der Waals surface area contributed by atoms with Gasteiger partial charge >= 0.3 is 6.03 Å². The highest BCUT2D eigenvalue weighted by molar-refractivity contribution is 6.07. The van der Waals surface area contributed by atoms with E-state index in [0.717, 1.165) is 28.8 Å². The molecule has 7 heteroatoms. The molecule has 3 aromatic carbocycles. The van der Waals surface area contributed by atoms with E-state index in [4.69, 9.17) is 9.47 Å². The molecule has 3 aromatic rings. The van der Waals surface area contributed by atoms with Crippen molar-refractivity contribution in [1.82, 2.24) is 5.32 Å². The topological polar surface area (TPSA) is 79.9 Å². The third-order valence-electron chi connectivity index (χ3n) is 5.67. The van der Waals surface area contributed by atoms with Crippen LogP contribution < -0.4 is 25.0 Å². The van der Waals surface area contributed by atoms with Crippen molar-refractivity contribution in [2.45, 2.75) is 19.9 Å². The number of aryl methyl sites for hydroxylation is 1. The molecular formula is C25H23N3O4. The second kappa shape index (κ2) is 8.26. The number of rotatable bonds is 4. The molecular weight excluding hydrogens is 406 g/mol. The van der Waals surface area contributed by atoms with Crippen LogP contribution in [-0.2, 0) is 13.0 Å². The van der Waals surface area contributed by atoms with Gasteiger partial charge in [0, 0.05) is 36.1 Å². The van der Waals surface area contributed by atoms with E-state index in [1.54, 1.807) is 18.2 Å². The maximum atomic E-state index is 13.0. The number of nitrogens with zero attached hydrogens (tertiary/aromatic N) is 1. The standard InChI is InChI=1S/C25H23N3O4/c1-16-2-5-19(6-3-16)24(29)28-11-10-18-7-4-17(12-21(18)28)14-26-25(30)27-20-8-9-22-23(13-20)32-15-31-22/h2-9,12-13H,10-11,14-15H2,1H3,(H2,26,27,30). The van der Waals surface area contributed by atoms with Gasteiger partial charge in [-0.15, -0.1) is 0 Å². The maximum Gasteiger partial charge on any atom is 0.319 e. The molecule has 2 N–H and O–H groups in total. The van der Waals surface area contributed by atoms with Crippen LogP contribution in [0.2, 0.25) is 0 Å². The van der Waals surface area contributed by atoms with Crippen molar-refractivity contribution in [1.29, 1.82) is 0 Å². The molecule has 0 bridgehead atoms. The highest BCUT2D eigenvalue weighted by Crippen LogP contribution is 2.34. The molecule has 0 fully saturated rings. The largest absolute Gasteiger partial charge is 0.454 e. The van der Waals surface area contributed by atoms with Gasteiger partial charge in [-0.3, -0.25) is 4.79 Å². The third kappa shape index (κ3) is 3.97. The van der Waals surface area contributed by atoms with Crippen molar-refractivity contribution in [2.75, 3.05) is 23.6 Å². The molecule has 32 heavy (non-hydrogen) atoms.